The highest BCUT2D eigenvalue weighted by atomic mass is 16.6. The van der Waals surface area contributed by atoms with Gasteiger partial charge in [0.2, 0.25) is 5.91 Å². The Labute approximate surface area is 145 Å². The zero-order valence-electron chi connectivity index (χ0n) is 14.1. The fraction of sp³-hybridized carbons (Fsp3) is 0.529. The van der Waals surface area contributed by atoms with Crippen LogP contribution in [-0.2, 0) is 9.59 Å². The van der Waals surface area contributed by atoms with Crippen molar-refractivity contribution in [2.24, 2.45) is 5.92 Å². The van der Waals surface area contributed by atoms with Gasteiger partial charge in [0.1, 0.15) is 0 Å². The summed E-state index contributed by atoms with van der Waals surface area (Å²) in [7, 11) is 0. The highest BCUT2D eigenvalue weighted by Crippen LogP contribution is 2.31. The molecule has 1 heterocycles. The third kappa shape index (κ3) is 4.07. The second-order valence-electron chi connectivity index (χ2n) is 6.50. The van der Waals surface area contributed by atoms with Crippen LogP contribution in [0.25, 0.3) is 0 Å². The summed E-state index contributed by atoms with van der Waals surface area (Å²) in [6.45, 7) is 3.56. The molecule has 134 valence electrons. The van der Waals surface area contributed by atoms with Crippen molar-refractivity contribution < 1.29 is 19.2 Å². The van der Waals surface area contributed by atoms with E-state index in [0.717, 1.165) is 18.4 Å². The summed E-state index contributed by atoms with van der Waals surface area (Å²) in [6, 6.07) is 4.55. The lowest BCUT2D eigenvalue weighted by Gasteiger charge is -2.34. The van der Waals surface area contributed by atoms with Gasteiger partial charge in [-0.3, -0.25) is 19.7 Å². The summed E-state index contributed by atoms with van der Waals surface area (Å²) in [4.78, 5) is 38.3. The van der Waals surface area contributed by atoms with Gasteiger partial charge in [-0.1, -0.05) is 6.07 Å². The lowest BCUT2D eigenvalue weighted by Crippen LogP contribution is -2.52. The number of hydrogen-bond acceptors (Lipinski definition) is 5. The average Bonchev–Trinajstić information content (AvgIpc) is 3.44. The first-order valence-corrected chi connectivity index (χ1v) is 8.40. The normalized spacial score (nSPS) is 17.3. The Balaban J connectivity index is 1.52. The Morgan fingerprint density at radius 2 is 1.84 bits per heavy atom. The molecule has 3 rings (SSSR count). The van der Waals surface area contributed by atoms with Crippen LogP contribution in [0.3, 0.4) is 0 Å². The molecule has 1 aliphatic carbocycles. The zero-order chi connectivity index (χ0) is 18.0. The number of rotatable bonds is 5. The molecule has 8 heteroatoms. The zero-order valence-corrected chi connectivity index (χ0v) is 14.1. The molecule has 0 radical (unpaired) electrons. The summed E-state index contributed by atoms with van der Waals surface area (Å²) in [5, 5.41) is 11.0. The summed E-state index contributed by atoms with van der Waals surface area (Å²) in [6.07, 6.45) is 1.95. The smallest absolute Gasteiger partial charge is 0.310 e. The molecule has 1 saturated heterocycles. The van der Waals surface area contributed by atoms with Gasteiger partial charge in [0, 0.05) is 38.2 Å². The number of benzene rings is 1. The standard InChI is InChI=1S/C17H21N3O5/c1-12-2-5-14(20(23)24)15(10-12)25-11-16(21)18-6-8-19(9-7-18)17(22)13-3-4-13/h2,5,10,13H,3-4,6-9,11H2,1H3. The van der Waals surface area contributed by atoms with Crippen molar-refractivity contribution in [3.8, 4) is 5.75 Å². The summed E-state index contributed by atoms with van der Waals surface area (Å²) in [5.74, 6) is 0.251. The number of nitrogens with zero attached hydrogens (tertiary/aromatic N) is 3. The van der Waals surface area contributed by atoms with E-state index in [1.54, 1.807) is 24.0 Å². The quantitative estimate of drug-likeness (QED) is 0.592. The van der Waals surface area contributed by atoms with Gasteiger partial charge in [0.05, 0.1) is 4.92 Å². The molecule has 2 amide bonds. The highest BCUT2D eigenvalue weighted by molar-refractivity contribution is 5.82. The number of carbonyl (C=O) groups excluding carboxylic acids is 2. The van der Waals surface area contributed by atoms with Gasteiger partial charge in [-0.25, -0.2) is 0 Å². The molecular weight excluding hydrogens is 326 g/mol. The maximum atomic E-state index is 12.3. The number of aryl methyl sites for hydroxylation is 1. The van der Waals surface area contributed by atoms with Crippen LogP contribution in [0, 0.1) is 23.0 Å². The number of carbonyl (C=O) groups is 2. The van der Waals surface area contributed by atoms with Crippen LogP contribution in [0.1, 0.15) is 18.4 Å². The molecule has 0 atom stereocenters. The molecule has 2 aliphatic rings. The van der Waals surface area contributed by atoms with E-state index in [2.05, 4.69) is 0 Å². The summed E-state index contributed by atoms with van der Waals surface area (Å²) in [5.41, 5.74) is 0.665. The van der Waals surface area contributed by atoms with Crippen molar-refractivity contribution in [3.63, 3.8) is 0 Å². The first-order valence-electron chi connectivity index (χ1n) is 8.40. The van der Waals surface area contributed by atoms with Crippen LogP contribution in [0.4, 0.5) is 5.69 Å². The minimum absolute atomic E-state index is 0.0981. The number of nitro benzene ring substituents is 1. The van der Waals surface area contributed by atoms with Crippen molar-refractivity contribution in [2.45, 2.75) is 19.8 Å². The molecule has 0 unspecified atom stereocenters. The van der Waals surface area contributed by atoms with Gasteiger partial charge in [-0.15, -0.1) is 0 Å². The van der Waals surface area contributed by atoms with E-state index in [9.17, 15) is 19.7 Å². The van der Waals surface area contributed by atoms with E-state index in [4.69, 9.17) is 4.74 Å². The van der Waals surface area contributed by atoms with Gasteiger partial charge in [-0.2, -0.15) is 0 Å². The SMILES string of the molecule is Cc1ccc([N+](=O)[O-])c(OCC(=O)N2CCN(C(=O)C3CC3)CC2)c1. The van der Waals surface area contributed by atoms with Crippen molar-refractivity contribution >= 4 is 17.5 Å². The van der Waals surface area contributed by atoms with Gasteiger partial charge < -0.3 is 14.5 Å². The topological polar surface area (TPSA) is 93.0 Å². The number of nitro groups is 1. The first-order chi connectivity index (χ1) is 12.0. The van der Waals surface area contributed by atoms with Gasteiger partial charge >= 0.3 is 5.69 Å². The molecule has 0 spiro atoms. The van der Waals surface area contributed by atoms with E-state index < -0.39 is 4.92 Å². The molecule has 25 heavy (non-hydrogen) atoms. The molecule has 0 aromatic heterocycles. The monoisotopic (exact) mass is 347 g/mol. The number of ether oxygens (including phenoxy) is 1. The molecular formula is C17H21N3O5. The maximum Gasteiger partial charge on any atom is 0.310 e. The molecule has 0 N–H and O–H groups in total. The fourth-order valence-electron chi connectivity index (χ4n) is 2.88. The molecule has 1 aromatic carbocycles. The third-order valence-electron chi connectivity index (χ3n) is 4.53. The lowest BCUT2D eigenvalue weighted by atomic mass is 10.2. The summed E-state index contributed by atoms with van der Waals surface area (Å²) >= 11 is 0. The molecule has 8 nitrogen and oxygen atoms in total. The molecule has 1 aliphatic heterocycles. The van der Waals surface area contributed by atoms with Gasteiger partial charge in [-0.05, 0) is 31.4 Å². The summed E-state index contributed by atoms with van der Waals surface area (Å²) < 4.78 is 5.40. The molecule has 2 fully saturated rings. The Morgan fingerprint density at radius 1 is 1.20 bits per heavy atom. The van der Waals surface area contributed by atoms with Gasteiger partial charge in [0.25, 0.3) is 5.91 Å². The minimum Gasteiger partial charge on any atom is -0.477 e. The fourth-order valence-corrected chi connectivity index (χ4v) is 2.88. The number of amides is 2. The van der Waals surface area contributed by atoms with Crippen LogP contribution in [0.2, 0.25) is 0 Å². The predicted octanol–water partition coefficient (Wildman–Crippen LogP) is 1.36. The van der Waals surface area contributed by atoms with Crippen LogP contribution < -0.4 is 4.74 Å². The van der Waals surface area contributed by atoms with E-state index in [0.29, 0.717) is 26.2 Å². The lowest BCUT2D eigenvalue weighted by molar-refractivity contribution is -0.385. The molecule has 1 saturated carbocycles. The van der Waals surface area contributed by atoms with Crippen molar-refractivity contribution in [3.05, 3.63) is 33.9 Å². The Hall–Kier alpha value is -2.64. The Kier molecular flexibility index (Phi) is 4.87. The second-order valence-corrected chi connectivity index (χ2v) is 6.50. The van der Waals surface area contributed by atoms with Crippen molar-refractivity contribution in [1.29, 1.82) is 0 Å². The minimum atomic E-state index is -0.526. The van der Waals surface area contributed by atoms with Crippen molar-refractivity contribution in [2.75, 3.05) is 32.8 Å². The number of piperazine rings is 1. The predicted molar refractivity (Wildman–Crippen MR) is 89.2 cm³/mol. The van der Waals surface area contributed by atoms with E-state index in [1.165, 1.54) is 6.07 Å². The largest absolute Gasteiger partial charge is 0.477 e. The Morgan fingerprint density at radius 3 is 2.44 bits per heavy atom. The van der Waals surface area contributed by atoms with Crippen LogP contribution in [-0.4, -0.2) is 59.3 Å². The number of hydrogen-bond donors (Lipinski definition) is 0. The van der Waals surface area contributed by atoms with E-state index in [1.807, 2.05) is 4.90 Å². The Bertz CT molecular complexity index is 694. The van der Waals surface area contributed by atoms with Gasteiger partial charge in [0.15, 0.2) is 12.4 Å². The van der Waals surface area contributed by atoms with Crippen LogP contribution in [0.15, 0.2) is 18.2 Å². The highest BCUT2D eigenvalue weighted by Gasteiger charge is 2.35. The average molecular weight is 347 g/mol. The molecule has 1 aromatic rings. The third-order valence-corrected chi connectivity index (χ3v) is 4.53. The van der Waals surface area contributed by atoms with Crippen molar-refractivity contribution in [1.82, 2.24) is 9.80 Å². The van der Waals surface area contributed by atoms with E-state index >= 15 is 0 Å². The van der Waals surface area contributed by atoms with E-state index in [-0.39, 0.29) is 35.8 Å². The maximum absolute atomic E-state index is 12.3. The van der Waals surface area contributed by atoms with Crippen LogP contribution >= 0.6 is 0 Å². The van der Waals surface area contributed by atoms with Crippen LogP contribution in [0.5, 0.6) is 5.75 Å². The first kappa shape index (κ1) is 17.2. The molecule has 0 bridgehead atoms. The second kappa shape index (κ2) is 7.08.